The predicted octanol–water partition coefficient (Wildman–Crippen LogP) is 3.76. The molecule has 1 saturated carbocycles. The Kier molecular flexibility index (Phi) is 7.35. The summed E-state index contributed by atoms with van der Waals surface area (Å²) in [5.74, 6) is 5.23. The van der Waals surface area contributed by atoms with Gasteiger partial charge in [0.15, 0.2) is 5.13 Å². The van der Waals surface area contributed by atoms with Crippen molar-refractivity contribution in [3.63, 3.8) is 0 Å². The summed E-state index contributed by atoms with van der Waals surface area (Å²) in [4.78, 5) is 42.7. The molecule has 0 aliphatic heterocycles. The van der Waals surface area contributed by atoms with Crippen molar-refractivity contribution in [2.24, 2.45) is 5.92 Å². The second-order valence-corrected chi connectivity index (χ2v) is 9.21. The Morgan fingerprint density at radius 2 is 2.00 bits per heavy atom. The minimum Gasteiger partial charge on any atom is -0.496 e. The number of pyridine rings is 1. The van der Waals surface area contributed by atoms with Gasteiger partial charge in [-0.05, 0) is 31.0 Å². The maximum Gasteiger partial charge on any atom is 0.416 e. The van der Waals surface area contributed by atoms with Gasteiger partial charge in [-0.15, -0.1) is 0 Å². The summed E-state index contributed by atoms with van der Waals surface area (Å²) >= 11 is 1.13. The lowest BCUT2D eigenvalue weighted by Gasteiger charge is -2.17. The third kappa shape index (κ3) is 6.18. The molecule has 4 rings (SSSR count). The van der Waals surface area contributed by atoms with Gasteiger partial charge in [0.05, 0.1) is 29.3 Å². The van der Waals surface area contributed by atoms with Crippen molar-refractivity contribution in [2.45, 2.75) is 25.6 Å². The van der Waals surface area contributed by atoms with Gasteiger partial charge in [-0.2, -0.15) is 13.2 Å². The lowest BCUT2D eigenvalue weighted by molar-refractivity contribution is -0.137. The number of hydrogen-bond donors (Lipinski definition) is 2. The zero-order chi connectivity index (χ0) is 26.7. The van der Waals surface area contributed by atoms with Crippen LogP contribution in [-0.2, 0) is 17.5 Å². The van der Waals surface area contributed by atoms with Gasteiger partial charge in [0.25, 0.3) is 11.5 Å². The molecule has 0 unspecified atom stereocenters. The van der Waals surface area contributed by atoms with Crippen LogP contribution in [0.1, 0.15) is 33.6 Å². The Bertz CT molecular complexity index is 1480. The number of nitrogens with one attached hydrogen (secondary N) is 2. The molecule has 3 aromatic rings. The van der Waals surface area contributed by atoms with Crippen LogP contribution < -0.4 is 20.9 Å². The number of nitrogens with zero attached hydrogens (tertiary/aromatic N) is 2. The van der Waals surface area contributed by atoms with Crippen molar-refractivity contribution in [3.05, 3.63) is 63.0 Å². The summed E-state index contributed by atoms with van der Waals surface area (Å²) in [6, 6.07) is 3.77. The summed E-state index contributed by atoms with van der Waals surface area (Å²) in [6.45, 7) is -0.402. The van der Waals surface area contributed by atoms with Gasteiger partial charge in [-0.25, -0.2) is 4.98 Å². The minimum atomic E-state index is -4.67. The molecule has 2 aromatic heterocycles. The fraction of sp³-hybridized carbons (Fsp3) is 0.280. The van der Waals surface area contributed by atoms with E-state index in [1.807, 2.05) is 0 Å². The van der Waals surface area contributed by atoms with Gasteiger partial charge in [0.2, 0.25) is 5.91 Å². The highest BCUT2D eigenvalue weighted by Gasteiger charge is 2.32. The Hall–Kier alpha value is -4.11. The summed E-state index contributed by atoms with van der Waals surface area (Å²) in [6.07, 6.45) is 0.122. The first-order valence-corrected chi connectivity index (χ1v) is 11.9. The highest BCUT2D eigenvalue weighted by atomic mass is 32.1. The van der Waals surface area contributed by atoms with Crippen LogP contribution in [0.5, 0.6) is 5.75 Å². The molecule has 192 valence electrons. The number of aromatic nitrogens is 2. The molecular weight excluding hydrogens is 509 g/mol. The fourth-order valence-electron chi connectivity index (χ4n) is 3.38. The van der Waals surface area contributed by atoms with E-state index in [-0.39, 0.29) is 27.6 Å². The van der Waals surface area contributed by atoms with E-state index < -0.39 is 35.7 Å². The number of carbonyl (C=O) groups is 2. The van der Waals surface area contributed by atoms with Crippen molar-refractivity contribution < 1.29 is 27.5 Å². The number of benzene rings is 1. The second-order valence-electron chi connectivity index (χ2n) is 8.18. The van der Waals surface area contributed by atoms with Crippen LogP contribution in [0, 0.1) is 17.8 Å². The first-order valence-electron chi connectivity index (χ1n) is 11.1. The molecule has 8 nitrogen and oxygen atoms in total. The number of methoxy groups -OCH3 is 1. The standard InChI is InChI=1S/C25H21F3N4O4S/c1-29-21(33)13-32-12-19(17-9-15(25(26,27)28)6-8-20(17)36-2)18(10-22(32)34)23(35)31-24-30-11-16(37-24)7-5-14-3-4-14/h6,8-12,14H,3-4,13H2,1-2H3,(H,29,33)(H,30,31,35). The zero-order valence-electron chi connectivity index (χ0n) is 19.7. The van der Waals surface area contributed by atoms with E-state index in [0.717, 1.165) is 53.0 Å². The first kappa shape index (κ1) is 26.0. The summed E-state index contributed by atoms with van der Waals surface area (Å²) in [7, 11) is 2.65. The van der Waals surface area contributed by atoms with E-state index in [2.05, 4.69) is 27.5 Å². The van der Waals surface area contributed by atoms with E-state index in [9.17, 15) is 27.6 Å². The van der Waals surface area contributed by atoms with Crippen LogP contribution in [0.4, 0.5) is 18.3 Å². The normalized spacial score (nSPS) is 12.9. The number of alkyl halides is 3. The molecule has 37 heavy (non-hydrogen) atoms. The average molecular weight is 531 g/mol. The molecule has 0 atom stereocenters. The van der Waals surface area contributed by atoms with E-state index in [4.69, 9.17) is 4.74 Å². The first-order chi connectivity index (χ1) is 17.6. The van der Waals surface area contributed by atoms with Crippen molar-refractivity contribution in [1.29, 1.82) is 0 Å². The highest BCUT2D eigenvalue weighted by molar-refractivity contribution is 7.16. The van der Waals surface area contributed by atoms with E-state index >= 15 is 0 Å². The molecule has 1 aromatic carbocycles. The molecule has 1 aliphatic carbocycles. The van der Waals surface area contributed by atoms with Crippen molar-refractivity contribution in [2.75, 3.05) is 19.5 Å². The van der Waals surface area contributed by atoms with Crippen LogP contribution in [0.3, 0.4) is 0 Å². The number of likely N-dealkylation sites (N-methyl/N-ethyl adjacent to an activating group) is 1. The number of hydrogen-bond acceptors (Lipinski definition) is 6. The monoisotopic (exact) mass is 530 g/mol. The minimum absolute atomic E-state index is 0.0331. The molecule has 0 radical (unpaired) electrons. The van der Waals surface area contributed by atoms with E-state index in [1.165, 1.54) is 26.6 Å². The quantitative estimate of drug-likeness (QED) is 0.473. The van der Waals surface area contributed by atoms with Crippen LogP contribution in [-0.4, -0.2) is 35.5 Å². The Morgan fingerprint density at radius 3 is 2.65 bits per heavy atom. The largest absolute Gasteiger partial charge is 0.496 e. The van der Waals surface area contributed by atoms with Gasteiger partial charge in [0.1, 0.15) is 12.3 Å². The number of rotatable bonds is 6. The molecule has 1 fully saturated rings. The smallest absolute Gasteiger partial charge is 0.416 e. The molecular formula is C25H21F3N4O4S. The maximum absolute atomic E-state index is 13.5. The van der Waals surface area contributed by atoms with Gasteiger partial charge < -0.3 is 14.6 Å². The number of carbonyl (C=O) groups excluding carboxylic acids is 2. The van der Waals surface area contributed by atoms with Crippen molar-refractivity contribution in [1.82, 2.24) is 14.9 Å². The van der Waals surface area contributed by atoms with Gasteiger partial charge in [-0.1, -0.05) is 23.2 Å². The number of amides is 2. The third-order valence-electron chi connectivity index (χ3n) is 5.48. The molecule has 0 saturated heterocycles. The lowest BCUT2D eigenvalue weighted by Crippen LogP contribution is -2.31. The number of thiazole rings is 1. The average Bonchev–Trinajstić information content (AvgIpc) is 3.60. The SMILES string of the molecule is CNC(=O)Cn1cc(-c2cc(C(F)(F)F)ccc2OC)c(C(=O)Nc2ncc(C#CC3CC3)s2)cc1=O. The predicted molar refractivity (Wildman–Crippen MR) is 131 cm³/mol. The summed E-state index contributed by atoms with van der Waals surface area (Å²) in [5.41, 5.74) is -2.00. The van der Waals surface area contributed by atoms with Crippen LogP contribution in [0.25, 0.3) is 11.1 Å². The molecule has 0 bridgehead atoms. The lowest BCUT2D eigenvalue weighted by atomic mass is 9.98. The van der Waals surface area contributed by atoms with Gasteiger partial charge in [-0.3, -0.25) is 19.7 Å². The van der Waals surface area contributed by atoms with Gasteiger partial charge in [0, 0.05) is 36.4 Å². The number of halogens is 3. The van der Waals surface area contributed by atoms with Crippen LogP contribution in [0.2, 0.25) is 0 Å². The Labute approximate surface area is 213 Å². The van der Waals surface area contributed by atoms with Crippen molar-refractivity contribution in [3.8, 4) is 28.7 Å². The summed E-state index contributed by atoms with van der Waals surface area (Å²) in [5, 5.41) is 5.17. The van der Waals surface area contributed by atoms with Gasteiger partial charge >= 0.3 is 6.18 Å². The number of ether oxygens (including phenoxy) is 1. The molecule has 2 amide bonds. The fourth-order valence-corrected chi connectivity index (χ4v) is 4.06. The van der Waals surface area contributed by atoms with E-state index in [0.29, 0.717) is 10.8 Å². The second kappa shape index (κ2) is 10.5. The molecule has 2 N–H and O–H groups in total. The topological polar surface area (TPSA) is 102 Å². The molecule has 2 heterocycles. The van der Waals surface area contributed by atoms with Crippen molar-refractivity contribution >= 4 is 28.3 Å². The Morgan fingerprint density at radius 1 is 1.24 bits per heavy atom. The van der Waals surface area contributed by atoms with E-state index in [1.54, 1.807) is 0 Å². The molecule has 1 aliphatic rings. The maximum atomic E-state index is 13.5. The highest BCUT2D eigenvalue weighted by Crippen LogP contribution is 2.38. The van der Waals surface area contributed by atoms with Crippen LogP contribution in [0.15, 0.2) is 41.5 Å². The number of anilines is 1. The molecule has 0 spiro atoms. The van der Waals surface area contributed by atoms with Crippen LogP contribution >= 0.6 is 11.3 Å². The zero-order valence-corrected chi connectivity index (χ0v) is 20.5. The summed E-state index contributed by atoms with van der Waals surface area (Å²) < 4.78 is 46.8. The molecule has 12 heteroatoms. The Balaban J connectivity index is 1.79. The third-order valence-corrected chi connectivity index (χ3v) is 6.31.